The van der Waals surface area contributed by atoms with Crippen molar-refractivity contribution in [3.63, 3.8) is 0 Å². The predicted molar refractivity (Wildman–Crippen MR) is 156 cm³/mol. The Bertz CT molecular complexity index is 1540. The van der Waals surface area contributed by atoms with Gasteiger partial charge in [0.05, 0.1) is 29.8 Å². The summed E-state index contributed by atoms with van der Waals surface area (Å²) in [5, 5.41) is 5.70. The third-order valence-corrected chi connectivity index (χ3v) is 6.70. The van der Waals surface area contributed by atoms with Crippen molar-refractivity contribution < 1.29 is 9.47 Å². The highest BCUT2D eigenvalue weighted by molar-refractivity contribution is 6.30. The van der Waals surface area contributed by atoms with Gasteiger partial charge in [-0.1, -0.05) is 44.5 Å². The van der Waals surface area contributed by atoms with Crippen LogP contribution in [0.4, 0.5) is 0 Å². The molecule has 6 nitrogen and oxygen atoms in total. The number of halogens is 1. The summed E-state index contributed by atoms with van der Waals surface area (Å²) in [5.41, 5.74) is 3.83. The van der Waals surface area contributed by atoms with Crippen molar-refractivity contribution in [1.29, 1.82) is 0 Å². The number of aromatic nitrogens is 2. The van der Waals surface area contributed by atoms with Crippen molar-refractivity contribution in [2.45, 2.75) is 60.0 Å². The van der Waals surface area contributed by atoms with Crippen molar-refractivity contribution >= 4 is 28.7 Å². The van der Waals surface area contributed by atoms with Crippen LogP contribution in [0.3, 0.4) is 0 Å². The fourth-order valence-corrected chi connectivity index (χ4v) is 4.40. The average Bonchev–Trinajstić information content (AvgIpc) is 2.89. The molecule has 4 rings (SSSR count). The third-order valence-electron chi connectivity index (χ3n) is 6.46. The fourth-order valence-electron chi connectivity index (χ4n) is 4.22. The fraction of sp³-hybridized carbons (Fsp3) is 0.323. The van der Waals surface area contributed by atoms with Gasteiger partial charge in [0.1, 0.15) is 11.5 Å². The van der Waals surface area contributed by atoms with E-state index in [1.807, 2.05) is 51.1 Å². The highest BCUT2D eigenvalue weighted by Gasteiger charge is 2.19. The van der Waals surface area contributed by atoms with Crippen molar-refractivity contribution in [2.75, 3.05) is 6.61 Å². The SMILES string of the molecule is CCOc1cc(C)c(-c2nc3ccccc3c(=O)n2N=Cc2cc(Cl)ccc2O[C@@H](C)CC)cc1C(C)C. The number of rotatable bonds is 9. The summed E-state index contributed by atoms with van der Waals surface area (Å²) >= 11 is 6.30. The van der Waals surface area contributed by atoms with E-state index in [-0.39, 0.29) is 17.6 Å². The van der Waals surface area contributed by atoms with Crippen LogP contribution >= 0.6 is 11.6 Å². The summed E-state index contributed by atoms with van der Waals surface area (Å²) in [6.07, 6.45) is 2.48. The Balaban J connectivity index is 1.95. The molecule has 4 aromatic rings. The smallest absolute Gasteiger partial charge is 0.282 e. The molecule has 1 atom stereocenters. The zero-order valence-corrected chi connectivity index (χ0v) is 23.5. The van der Waals surface area contributed by atoms with Crippen molar-refractivity contribution in [3.8, 4) is 22.9 Å². The van der Waals surface area contributed by atoms with Gasteiger partial charge >= 0.3 is 0 Å². The van der Waals surface area contributed by atoms with Gasteiger partial charge in [0.25, 0.3) is 5.56 Å². The normalized spacial score (nSPS) is 12.4. The van der Waals surface area contributed by atoms with Crippen LogP contribution in [0.25, 0.3) is 22.3 Å². The Hall–Kier alpha value is -3.64. The van der Waals surface area contributed by atoms with Crippen LogP contribution in [0.2, 0.25) is 5.02 Å². The lowest BCUT2D eigenvalue weighted by molar-refractivity contribution is 0.217. The number of fused-ring (bicyclic) bond motifs is 1. The largest absolute Gasteiger partial charge is 0.494 e. The number of aryl methyl sites for hydroxylation is 1. The van der Waals surface area contributed by atoms with Gasteiger partial charge in [0.2, 0.25) is 0 Å². The molecule has 0 aliphatic rings. The molecule has 3 aromatic carbocycles. The van der Waals surface area contributed by atoms with Crippen LogP contribution in [0, 0.1) is 6.92 Å². The molecule has 0 bridgehead atoms. The lowest BCUT2D eigenvalue weighted by Gasteiger charge is -2.18. The molecule has 38 heavy (non-hydrogen) atoms. The standard InChI is InChI=1S/C31H34ClN3O3/c1-7-21(6)38-28-14-13-23(32)16-22(28)18-33-35-30(34-27-12-10-9-11-24(27)31(35)36)26-17-25(19(3)4)29(37-8-2)15-20(26)5/h9-19,21H,7-8H2,1-6H3/t21-/m0/s1. The first kappa shape index (κ1) is 27.4. The lowest BCUT2D eigenvalue weighted by atomic mass is 9.96. The lowest BCUT2D eigenvalue weighted by Crippen LogP contribution is -2.21. The average molecular weight is 532 g/mol. The van der Waals surface area contributed by atoms with E-state index < -0.39 is 0 Å². The Morgan fingerprint density at radius 2 is 1.82 bits per heavy atom. The van der Waals surface area contributed by atoms with Crippen LogP contribution in [0.5, 0.6) is 11.5 Å². The van der Waals surface area contributed by atoms with Gasteiger partial charge < -0.3 is 9.47 Å². The quantitative estimate of drug-likeness (QED) is 0.208. The van der Waals surface area contributed by atoms with Gasteiger partial charge in [0.15, 0.2) is 5.82 Å². The highest BCUT2D eigenvalue weighted by atomic mass is 35.5. The molecule has 0 aliphatic carbocycles. The Morgan fingerprint density at radius 3 is 2.53 bits per heavy atom. The molecular formula is C31H34ClN3O3. The first-order valence-corrected chi connectivity index (χ1v) is 13.4. The highest BCUT2D eigenvalue weighted by Crippen LogP contribution is 2.34. The summed E-state index contributed by atoms with van der Waals surface area (Å²) in [4.78, 5) is 18.7. The molecule has 7 heteroatoms. The van der Waals surface area contributed by atoms with E-state index in [9.17, 15) is 4.79 Å². The molecule has 0 fully saturated rings. The molecule has 1 heterocycles. The summed E-state index contributed by atoms with van der Waals surface area (Å²) < 4.78 is 13.4. The summed E-state index contributed by atoms with van der Waals surface area (Å²) in [7, 11) is 0. The zero-order chi connectivity index (χ0) is 27.4. The molecule has 198 valence electrons. The van der Waals surface area contributed by atoms with Crippen molar-refractivity contribution in [3.05, 3.63) is 86.7 Å². The van der Waals surface area contributed by atoms with E-state index in [1.54, 1.807) is 24.4 Å². The minimum atomic E-state index is -0.257. The predicted octanol–water partition coefficient (Wildman–Crippen LogP) is 7.61. The van der Waals surface area contributed by atoms with Crippen LogP contribution in [-0.4, -0.2) is 28.6 Å². The van der Waals surface area contributed by atoms with E-state index in [0.29, 0.717) is 39.7 Å². The maximum Gasteiger partial charge on any atom is 0.282 e. The maximum absolute atomic E-state index is 13.7. The molecule has 0 spiro atoms. The molecular weight excluding hydrogens is 498 g/mol. The number of ether oxygens (including phenoxy) is 2. The Kier molecular flexibility index (Phi) is 8.52. The Morgan fingerprint density at radius 1 is 1.05 bits per heavy atom. The van der Waals surface area contributed by atoms with E-state index in [0.717, 1.165) is 28.9 Å². The van der Waals surface area contributed by atoms with Gasteiger partial charge in [-0.15, -0.1) is 0 Å². The topological polar surface area (TPSA) is 65.7 Å². The second-order valence-electron chi connectivity index (χ2n) is 9.63. The summed E-state index contributed by atoms with van der Waals surface area (Å²) in [6, 6.07) is 16.8. The second kappa shape index (κ2) is 11.8. The first-order valence-electron chi connectivity index (χ1n) is 13.0. The first-order chi connectivity index (χ1) is 18.2. The number of hydrogen-bond donors (Lipinski definition) is 0. The van der Waals surface area contributed by atoms with Crippen molar-refractivity contribution in [2.24, 2.45) is 5.10 Å². The van der Waals surface area contributed by atoms with Crippen molar-refractivity contribution in [1.82, 2.24) is 9.66 Å². The van der Waals surface area contributed by atoms with E-state index in [4.69, 9.17) is 26.1 Å². The number of para-hydroxylation sites is 1. The second-order valence-corrected chi connectivity index (χ2v) is 10.1. The minimum Gasteiger partial charge on any atom is -0.494 e. The van der Waals surface area contributed by atoms with Crippen LogP contribution in [-0.2, 0) is 0 Å². The number of hydrogen-bond acceptors (Lipinski definition) is 5. The molecule has 0 amide bonds. The van der Waals surface area contributed by atoms with Gasteiger partial charge in [0, 0.05) is 16.1 Å². The molecule has 0 saturated heterocycles. The number of benzene rings is 3. The van der Waals surface area contributed by atoms with E-state index in [2.05, 4.69) is 31.9 Å². The number of nitrogens with zero attached hydrogens (tertiary/aromatic N) is 3. The van der Waals surface area contributed by atoms with E-state index in [1.165, 1.54) is 4.68 Å². The summed E-state index contributed by atoms with van der Waals surface area (Å²) in [5.74, 6) is 2.16. The molecule has 0 saturated carbocycles. The Labute approximate surface area is 228 Å². The van der Waals surface area contributed by atoms with Gasteiger partial charge in [-0.2, -0.15) is 9.78 Å². The molecule has 1 aromatic heterocycles. The van der Waals surface area contributed by atoms with Gasteiger partial charge in [-0.3, -0.25) is 4.79 Å². The third kappa shape index (κ3) is 5.76. The summed E-state index contributed by atoms with van der Waals surface area (Å²) in [6.45, 7) is 12.8. The molecule has 0 unspecified atom stereocenters. The van der Waals surface area contributed by atoms with Gasteiger partial charge in [-0.25, -0.2) is 4.98 Å². The molecule has 0 N–H and O–H groups in total. The maximum atomic E-state index is 13.7. The van der Waals surface area contributed by atoms with Crippen LogP contribution in [0.1, 0.15) is 63.6 Å². The van der Waals surface area contributed by atoms with E-state index >= 15 is 0 Å². The monoisotopic (exact) mass is 531 g/mol. The minimum absolute atomic E-state index is 0.0184. The zero-order valence-electron chi connectivity index (χ0n) is 22.8. The van der Waals surface area contributed by atoms with Crippen LogP contribution < -0.4 is 15.0 Å². The molecule has 0 radical (unpaired) electrons. The van der Waals surface area contributed by atoms with Gasteiger partial charge in [-0.05, 0) is 86.7 Å². The van der Waals surface area contributed by atoms with Crippen LogP contribution in [0.15, 0.2) is 64.5 Å². The molecule has 0 aliphatic heterocycles.